The Morgan fingerprint density at radius 3 is 1.79 bits per heavy atom. The molecule has 0 spiro atoms. The minimum Gasteiger partial charge on any atom is -0.205 e. The summed E-state index contributed by atoms with van der Waals surface area (Å²) in [6.45, 7) is 2.44. The first-order valence-electron chi connectivity index (χ1n) is 12.0. The monoisotopic (exact) mass is 406 g/mol. The van der Waals surface area contributed by atoms with Crippen molar-refractivity contribution in [3.8, 4) is 0 Å². The highest BCUT2D eigenvalue weighted by Crippen LogP contribution is 2.40. The van der Waals surface area contributed by atoms with E-state index in [2.05, 4.69) is 6.55 Å². The van der Waals surface area contributed by atoms with Gasteiger partial charge in [-0.2, -0.15) is 0 Å². The summed E-state index contributed by atoms with van der Waals surface area (Å²) in [6, 6.07) is 8.67. The van der Waals surface area contributed by atoms with Crippen LogP contribution in [0.4, 0.5) is 8.78 Å². The third-order valence-corrected chi connectivity index (χ3v) is 8.88. The molecule has 0 aromatic heterocycles. The summed E-state index contributed by atoms with van der Waals surface area (Å²) < 4.78 is 25.4. The molecule has 2 saturated carbocycles. The smallest absolute Gasteiger partial charge is 0.205 e. The molecule has 0 nitrogen and oxygen atoms in total. The van der Waals surface area contributed by atoms with Gasteiger partial charge in [0.2, 0.25) is 0 Å². The van der Waals surface area contributed by atoms with Gasteiger partial charge in [0, 0.05) is 15.1 Å². The van der Waals surface area contributed by atoms with E-state index in [0.29, 0.717) is 5.92 Å². The molecule has 158 valence electrons. The summed E-state index contributed by atoms with van der Waals surface area (Å²) in [5.41, 5.74) is 1.42. The lowest BCUT2D eigenvalue weighted by Gasteiger charge is -2.32. The first-order valence-corrected chi connectivity index (χ1v) is 14.4. The zero-order chi connectivity index (χ0) is 19.8. The van der Waals surface area contributed by atoms with E-state index in [0.717, 1.165) is 17.8 Å². The second-order valence-corrected chi connectivity index (χ2v) is 11.4. The Kier molecular flexibility index (Phi) is 9.01. The predicted molar refractivity (Wildman–Crippen MR) is 119 cm³/mol. The standard InChI is InChI=1S/C25H40F2Si/c1-28-18-2-3-19-4-6-20(7-5-19)8-9-21-10-12-22(13-11-21)23-14-16-24(17-15-23)25(26)27/h14-17,19-22,25H,2-13,18,28H2,1H3. The molecule has 0 atom stereocenters. The average molecular weight is 407 g/mol. The van der Waals surface area contributed by atoms with Crippen LogP contribution in [0.1, 0.15) is 101 Å². The Labute approximate surface area is 173 Å². The second-order valence-electron chi connectivity index (χ2n) is 9.64. The number of rotatable bonds is 9. The molecule has 0 unspecified atom stereocenters. The normalized spacial score (nSPS) is 29.0. The Morgan fingerprint density at radius 1 is 0.786 bits per heavy atom. The summed E-state index contributed by atoms with van der Waals surface area (Å²) in [5, 5.41) is 0. The van der Waals surface area contributed by atoms with E-state index in [1.165, 1.54) is 82.6 Å². The van der Waals surface area contributed by atoms with Crippen LogP contribution in [-0.4, -0.2) is 9.52 Å². The first kappa shape index (κ1) is 22.0. The summed E-state index contributed by atoms with van der Waals surface area (Å²) in [6.07, 6.45) is 14.7. The van der Waals surface area contributed by atoms with Gasteiger partial charge in [-0.3, -0.25) is 0 Å². The predicted octanol–water partition coefficient (Wildman–Crippen LogP) is 7.90. The summed E-state index contributed by atoms with van der Waals surface area (Å²) in [5.74, 6) is 3.54. The minimum atomic E-state index is -2.35. The van der Waals surface area contributed by atoms with Gasteiger partial charge in [0.1, 0.15) is 0 Å². The van der Waals surface area contributed by atoms with Gasteiger partial charge in [-0.05, 0) is 54.9 Å². The molecule has 3 rings (SSSR count). The van der Waals surface area contributed by atoms with Crippen molar-refractivity contribution in [3.63, 3.8) is 0 Å². The highest BCUT2D eigenvalue weighted by atomic mass is 28.2. The van der Waals surface area contributed by atoms with Crippen LogP contribution in [0.3, 0.4) is 0 Å². The molecular weight excluding hydrogens is 366 g/mol. The molecule has 0 N–H and O–H groups in total. The van der Waals surface area contributed by atoms with Gasteiger partial charge in [-0.25, -0.2) is 8.78 Å². The summed E-state index contributed by atoms with van der Waals surface area (Å²) in [7, 11) is 0.281. The van der Waals surface area contributed by atoms with Crippen LogP contribution in [0.15, 0.2) is 24.3 Å². The maximum Gasteiger partial charge on any atom is 0.263 e. The number of alkyl halides is 2. The van der Waals surface area contributed by atoms with Crippen molar-refractivity contribution in [3.05, 3.63) is 35.4 Å². The Balaban J connectivity index is 1.32. The van der Waals surface area contributed by atoms with Crippen LogP contribution in [-0.2, 0) is 0 Å². The highest BCUT2D eigenvalue weighted by Gasteiger charge is 2.25. The maximum atomic E-state index is 12.7. The van der Waals surface area contributed by atoms with Crippen LogP contribution in [0.25, 0.3) is 0 Å². The maximum absolute atomic E-state index is 12.7. The van der Waals surface area contributed by atoms with E-state index >= 15 is 0 Å². The van der Waals surface area contributed by atoms with Crippen molar-refractivity contribution in [2.24, 2.45) is 17.8 Å². The fraction of sp³-hybridized carbons (Fsp3) is 0.760. The molecule has 2 aliphatic carbocycles. The number of hydrogen-bond donors (Lipinski definition) is 0. The average Bonchev–Trinajstić information content (AvgIpc) is 2.74. The van der Waals surface area contributed by atoms with Crippen LogP contribution in [0.2, 0.25) is 12.6 Å². The quantitative estimate of drug-likeness (QED) is 0.289. The molecule has 0 aliphatic heterocycles. The molecule has 0 radical (unpaired) electrons. The van der Waals surface area contributed by atoms with E-state index < -0.39 is 6.43 Å². The van der Waals surface area contributed by atoms with E-state index in [-0.39, 0.29) is 15.1 Å². The molecule has 2 fully saturated rings. The zero-order valence-electron chi connectivity index (χ0n) is 17.9. The second kappa shape index (κ2) is 11.5. The van der Waals surface area contributed by atoms with Crippen LogP contribution in [0, 0.1) is 17.8 Å². The van der Waals surface area contributed by atoms with E-state index in [9.17, 15) is 8.78 Å². The van der Waals surface area contributed by atoms with Gasteiger partial charge in [0.05, 0.1) is 0 Å². The number of hydrogen-bond acceptors (Lipinski definition) is 0. The van der Waals surface area contributed by atoms with E-state index in [4.69, 9.17) is 0 Å². The molecule has 0 heterocycles. The first-order chi connectivity index (χ1) is 13.7. The lowest BCUT2D eigenvalue weighted by molar-refractivity contribution is 0.151. The lowest BCUT2D eigenvalue weighted by Crippen LogP contribution is -2.18. The van der Waals surface area contributed by atoms with E-state index in [1.807, 2.05) is 12.1 Å². The van der Waals surface area contributed by atoms with Gasteiger partial charge in [-0.15, -0.1) is 0 Å². The fourth-order valence-corrected chi connectivity index (χ4v) is 6.45. The van der Waals surface area contributed by atoms with Crippen molar-refractivity contribution in [2.75, 3.05) is 0 Å². The van der Waals surface area contributed by atoms with Gasteiger partial charge >= 0.3 is 0 Å². The molecule has 3 heteroatoms. The molecule has 1 aromatic rings. The Bertz CT molecular complexity index is 540. The molecule has 1 aromatic carbocycles. The topological polar surface area (TPSA) is 0 Å². The van der Waals surface area contributed by atoms with Crippen LogP contribution < -0.4 is 0 Å². The SMILES string of the molecule is C[SiH2]CCCC1CCC(CCC2CCC(c3ccc(C(F)F)cc3)CC2)CC1. The van der Waals surface area contributed by atoms with Crippen LogP contribution in [0.5, 0.6) is 0 Å². The van der Waals surface area contributed by atoms with Crippen molar-refractivity contribution in [2.45, 2.75) is 102 Å². The molecule has 0 amide bonds. The molecule has 0 saturated heterocycles. The van der Waals surface area contributed by atoms with Gasteiger partial charge in [0.25, 0.3) is 6.43 Å². The molecule has 2 aliphatic rings. The molecule has 0 bridgehead atoms. The summed E-state index contributed by atoms with van der Waals surface area (Å²) >= 11 is 0. The largest absolute Gasteiger partial charge is 0.263 e. The summed E-state index contributed by atoms with van der Waals surface area (Å²) in [4.78, 5) is 0. The van der Waals surface area contributed by atoms with Crippen molar-refractivity contribution in [1.29, 1.82) is 0 Å². The zero-order valence-corrected chi connectivity index (χ0v) is 19.3. The molecular formula is C25H40F2Si. The Hall–Kier alpha value is -0.703. The van der Waals surface area contributed by atoms with Crippen molar-refractivity contribution < 1.29 is 8.78 Å². The number of halogens is 2. The Morgan fingerprint density at radius 2 is 1.29 bits per heavy atom. The van der Waals surface area contributed by atoms with Crippen molar-refractivity contribution >= 4 is 9.52 Å². The van der Waals surface area contributed by atoms with Crippen molar-refractivity contribution in [1.82, 2.24) is 0 Å². The number of benzene rings is 1. The third kappa shape index (κ3) is 6.68. The molecule has 28 heavy (non-hydrogen) atoms. The van der Waals surface area contributed by atoms with Gasteiger partial charge in [-0.1, -0.05) is 88.2 Å². The van der Waals surface area contributed by atoms with Crippen LogP contribution >= 0.6 is 0 Å². The minimum absolute atomic E-state index is 0.152. The highest BCUT2D eigenvalue weighted by molar-refractivity contribution is 6.33. The third-order valence-electron chi connectivity index (χ3n) is 7.67. The van der Waals surface area contributed by atoms with Gasteiger partial charge < -0.3 is 0 Å². The van der Waals surface area contributed by atoms with E-state index in [1.54, 1.807) is 18.2 Å². The van der Waals surface area contributed by atoms with Gasteiger partial charge in [0.15, 0.2) is 0 Å². The lowest BCUT2D eigenvalue weighted by atomic mass is 9.74. The fourth-order valence-electron chi connectivity index (χ4n) is 5.66.